The van der Waals surface area contributed by atoms with Crippen LogP contribution in [0.2, 0.25) is 0 Å². The smallest absolute Gasteiger partial charge is 0.264 e. The lowest BCUT2D eigenvalue weighted by Gasteiger charge is -2.32. The Balaban J connectivity index is 2.06. The number of hydrogen-bond acceptors (Lipinski definition) is 6. The van der Waals surface area contributed by atoms with Gasteiger partial charge in [-0.2, -0.15) is 0 Å². The summed E-state index contributed by atoms with van der Waals surface area (Å²) in [5.74, 6) is -1.07. The summed E-state index contributed by atoms with van der Waals surface area (Å²) in [5.41, 5.74) is 0.811. The average Bonchev–Trinajstić information content (AvgIpc) is 2.98. The van der Waals surface area contributed by atoms with Gasteiger partial charge in [-0.1, -0.05) is 35.0 Å². The van der Waals surface area contributed by atoms with E-state index in [2.05, 4.69) is 21.2 Å². The van der Waals surface area contributed by atoms with Crippen molar-refractivity contribution in [2.24, 2.45) is 0 Å². The van der Waals surface area contributed by atoms with E-state index in [4.69, 9.17) is 9.47 Å². The first-order chi connectivity index (χ1) is 19.9. The van der Waals surface area contributed by atoms with E-state index in [1.807, 2.05) is 38.1 Å². The Labute approximate surface area is 254 Å². The third-order valence-electron chi connectivity index (χ3n) is 6.77. The van der Waals surface area contributed by atoms with Gasteiger partial charge in [0.15, 0.2) is 11.5 Å². The van der Waals surface area contributed by atoms with Crippen LogP contribution in [0.25, 0.3) is 0 Å². The molecule has 3 aromatic carbocycles. The predicted molar refractivity (Wildman–Crippen MR) is 163 cm³/mol. The van der Waals surface area contributed by atoms with Crippen LogP contribution in [-0.2, 0) is 26.2 Å². The van der Waals surface area contributed by atoms with Gasteiger partial charge < -0.3 is 19.7 Å². The van der Waals surface area contributed by atoms with E-state index in [9.17, 15) is 22.4 Å². The highest BCUT2D eigenvalue weighted by molar-refractivity contribution is 9.10. The highest BCUT2D eigenvalue weighted by atomic mass is 79.9. The van der Waals surface area contributed by atoms with Gasteiger partial charge in [-0.05, 0) is 74.4 Å². The molecule has 0 aromatic heterocycles. The van der Waals surface area contributed by atoms with Gasteiger partial charge >= 0.3 is 0 Å². The number of halogens is 2. The van der Waals surface area contributed by atoms with Crippen molar-refractivity contribution in [1.82, 2.24) is 10.2 Å². The van der Waals surface area contributed by atoms with E-state index in [0.717, 1.165) is 26.5 Å². The molecule has 3 rings (SSSR count). The van der Waals surface area contributed by atoms with E-state index < -0.39 is 34.3 Å². The zero-order valence-corrected chi connectivity index (χ0v) is 26.5. The van der Waals surface area contributed by atoms with Gasteiger partial charge in [-0.3, -0.25) is 13.9 Å². The van der Waals surface area contributed by atoms with Gasteiger partial charge in [-0.15, -0.1) is 0 Å². The second-order valence-corrected chi connectivity index (χ2v) is 12.4. The van der Waals surface area contributed by atoms with Crippen LogP contribution in [0.5, 0.6) is 11.5 Å². The molecule has 2 amide bonds. The minimum atomic E-state index is -4.38. The zero-order valence-electron chi connectivity index (χ0n) is 24.1. The monoisotopic (exact) mass is 663 g/mol. The summed E-state index contributed by atoms with van der Waals surface area (Å²) in [5, 5.41) is 2.89. The molecular formula is C30H35BrFN3O6S. The summed E-state index contributed by atoms with van der Waals surface area (Å²) in [6, 6.07) is 15.0. The molecule has 0 aliphatic carbocycles. The van der Waals surface area contributed by atoms with Crippen LogP contribution in [0, 0.1) is 5.82 Å². The number of sulfonamides is 1. The Hall–Kier alpha value is -3.64. The number of nitrogens with zero attached hydrogens (tertiary/aromatic N) is 2. The van der Waals surface area contributed by atoms with Gasteiger partial charge in [0.1, 0.15) is 18.4 Å². The van der Waals surface area contributed by atoms with Crippen LogP contribution in [0.3, 0.4) is 0 Å². The number of anilines is 1. The van der Waals surface area contributed by atoms with Crippen molar-refractivity contribution in [1.29, 1.82) is 0 Å². The topological polar surface area (TPSA) is 105 Å². The molecule has 2 atom stereocenters. The number of methoxy groups -OCH3 is 2. The number of carbonyl (C=O) groups excluding carboxylic acids is 2. The maximum Gasteiger partial charge on any atom is 0.264 e. The van der Waals surface area contributed by atoms with E-state index in [0.29, 0.717) is 12.2 Å². The van der Waals surface area contributed by atoms with Crippen LogP contribution >= 0.6 is 15.9 Å². The molecule has 226 valence electrons. The summed E-state index contributed by atoms with van der Waals surface area (Å²) in [6.45, 7) is 4.78. The molecule has 0 aliphatic heterocycles. The predicted octanol–water partition coefficient (Wildman–Crippen LogP) is 5.13. The summed E-state index contributed by atoms with van der Waals surface area (Å²) in [6.07, 6.45) is 0.695. The zero-order chi connectivity index (χ0) is 31.0. The van der Waals surface area contributed by atoms with Crippen molar-refractivity contribution in [3.8, 4) is 11.5 Å². The first-order valence-electron chi connectivity index (χ1n) is 13.3. The Morgan fingerprint density at radius 1 is 0.952 bits per heavy atom. The molecule has 0 bridgehead atoms. The molecule has 9 nitrogen and oxygen atoms in total. The molecule has 0 saturated heterocycles. The molecular weight excluding hydrogens is 629 g/mol. The molecule has 0 aliphatic rings. The molecule has 0 heterocycles. The normalized spacial score (nSPS) is 12.6. The van der Waals surface area contributed by atoms with Crippen LogP contribution < -0.4 is 19.1 Å². The minimum absolute atomic E-state index is 0.0505. The molecule has 12 heteroatoms. The van der Waals surface area contributed by atoms with Crippen LogP contribution in [0.4, 0.5) is 10.1 Å². The first kappa shape index (κ1) is 32.9. The standard InChI is InChI=1S/C30H35BrFN3O6S/c1-6-20(2)33-30(37)21(3)34(18-22-7-9-23(31)10-8-22)29(36)19-35(25-13-11-24(32)12-14-25)42(38,39)26-15-16-27(40-4)28(17-26)41-5/h7-17,20-21H,6,18-19H2,1-5H3,(H,33,37). The van der Waals surface area contributed by atoms with Crippen LogP contribution in [-0.4, -0.2) is 58.0 Å². The molecule has 42 heavy (non-hydrogen) atoms. The number of nitrogens with one attached hydrogen (secondary N) is 1. The maximum atomic E-state index is 14.0. The van der Waals surface area contributed by atoms with Gasteiger partial charge in [-0.25, -0.2) is 12.8 Å². The van der Waals surface area contributed by atoms with Crippen molar-refractivity contribution < 1.29 is 31.9 Å². The lowest BCUT2D eigenvalue weighted by molar-refractivity contribution is -0.139. The van der Waals surface area contributed by atoms with Gasteiger partial charge in [0, 0.05) is 23.1 Å². The van der Waals surface area contributed by atoms with Gasteiger partial charge in [0.2, 0.25) is 11.8 Å². The number of hydrogen-bond donors (Lipinski definition) is 1. The minimum Gasteiger partial charge on any atom is -0.493 e. The summed E-state index contributed by atoms with van der Waals surface area (Å²) >= 11 is 3.39. The molecule has 2 unspecified atom stereocenters. The molecule has 0 radical (unpaired) electrons. The average molecular weight is 665 g/mol. The van der Waals surface area contributed by atoms with Crippen molar-refractivity contribution in [2.75, 3.05) is 25.1 Å². The second-order valence-electron chi connectivity index (χ2n) is 9.65. The van der Waals surface area contributed by atoms with Crippen LogP contribution in [0.15, 0.2) is 76.1 Å². The summed E-state index contributed by atoms with van der Waals surface area (Å²) in [4.78, 5) is 28.3. The van der Waals surface area contributed by atoms with Gasteiger partial charge in [0.05, 0.1) is 24.8 Å². The third kappa shape index (κ3) is 8.01. The number of amides is 2. The summed E-state index contributed by atoms with van der Waals surface area (Å²) in [7, 11) is -1.58. The van der Waals surface area contributed by atoms with Crippen molar-refractivity contribution >= 4 is 43.5 Å². The Kier molecular flexibility index (Phi) is 11.3. The number of rotatable bonds is 13. The van der Waals surface area contributed by atoms with E-state index in [1.165, 1.54) is 49.5 Å². The SMILES string of the molecule is CCC(C)NC(=O)C(C)N(Cc1ccc(Br)cc1)C(=O)CN(c1ccc(F)cc1)S(=O)(=O)c1ccc(OC)c(OC)c1. The fourth-order valence-corrected chi connectivity index (χ4v) is 5.77. The molecule has 0 fully saturated rings. The van der Waals surface area contributed by atoms with E-state index in [1.54, 1.807) is 6.92 Å². The lowest BCUT2D eigenvalue weighted by Crippen LogP contribution is -2.52. The molecule has 0 saturated carbocycles. The van der Waals surface area contributed by atoms with Gasteiger partial charge in [0.25, 0.3) is 10.0 Å². The van der Waals surface area contributed by atoms with E-state index >= 15 is 0 Å². The fourth-order valence-electron chi connectivity index (χ4n) is 4.07. The molecule has 3 aromatic rings. The maximum absolute atomic E-state index is 14.0. The van der Waals surface area contributed by atoms with Crippen molar-refractivity contribution in [3.63, 3.8) is 0 Å². The first-order valence-corrected chi connectivity index (χ1v) is 15.5. The number of carbonyl (C=O) groups is 2. The molecule has 0 spiro atoms. The Bertz CT molecular complexity index is 1490. The fraction of sp³-hybridized carbons (Fsp3) is 0.333. The third-order valence-corrected chi connectivity index (χ3v) is 9.07. The summed E-state index contributed by atoms with van der Waals surface area (Å²) < 4.78 is 54.1. The van der Waals surface area contributed by atoms with Crippen LogP contribution in [0.1, 0.15) is 32.8 Å². The quantitative estimate of drug-likeness (QED) is 0.272. The largest absolute Gasteiger partial charge is 0.493 e. The van der Waals surface area contributed by atoms with Crippen molar-refractivity contribution in [2.45, 2.75) is 50.7 Å². The van der Waals surface area contributed by atoms with Crippen molar-refractivity contribution in [3.05, 3.63) is 82.6 Å². The second kappa shape index (κ2) is 14.5. The number of ether oxygens (including phenoxy) is 2. The Morgan fingerprint density at radius 3 is 2.14 bits per heavy atom. The molecule has 1 N–H and O–H groups in total. The number of benzene rings is 3. The lowest BCUT2D eigenvalue weighted by atomic mass is 10.1. The highest BCUT2D eigenvalue weighted by Crippen LogP contribution is 2.32. The highest BCUT2D eigenvalue weighted by Gasteiger charge is 2.33. The van der Waals surface area contributed by atoms with E-state index in [-0.39, 0.29) is 34.8 Å². The Morgan fingerprint density at radius 2 is 1.57 bits per heavy atom.